The summed E-state index contributed by atoms with van der Waals surface area (Å²) in [5, 5.41) is 0. The van der Waals surface area contributed by atoms with Gasteiger partial charge in [0.2, 0.25) is 0 Å². The van der Waals surface area contributed by atoms with Gasteiger partial charge in [0.25, 0.3) is 0 Å². The second-order valence-electron chi connectivity index (χ2n) is 3.15. The number of Topliss-reactive ketones (excluding diaryl/α,β-unsaturated/α-hetero) is 1. The maximum absolute atomic E-state index is 11.3. The molecule has 0 aromatic carbocycles. The molecule has 1 fully saturated rings. The zero-order valence-electron chi connectivity index (χ0n) is 6.34. The molecule has 0 radical (unpaired) electrons. The summed E-state index contributed by atoms with van der Waals surface area (Å²) in [5.41, 5.74) is 0.761. The minimum atomic E-state index is 0.262. The third-order valence-corrected chi connectivity index (χ3v) is 2.07. The highest BCUT2D eigenvalue weighted by Gasteiger charge is 2.24. The fourth-order valence-corrected chi connectivity index (χ4v) is 1.20. The quantitative estimate of drug-likeness (QED) is 0.655. The summed E-state index contributed by atoms with van der Waals surface area (Å²) in [4.78, 5) is 14.2. The van der Waals surface area contributed by atoms with Gasteiger partial charge in [-0.05, 0) is 30.9 Å². The van der Waals surface area contributed by atoms with Gasteiger partial charge in [-0.3, -0.25) is 4.79 Å². The molecule has 2 heteroatoms. The van der Waals surface area contributed by atoms with Crippen molar-refractivity contribution in [2.75, 3.05) is 0 Å². The number of aromatic amines is 1. The predicted molar refractivity (Wildman–Crippen MR) is 42.5 cm³/mol. The molecule has 11 heavy (non-hydrogen) atoms. The van der Waals surface area contributed by atoms with Crippen molar-refractivity contribution < 1.29 is 4.79 Å². The number of carbonyl (C=O) groups excluding carboxylic acids is 1. The minimum absolute atomic E-state index is 0.262. The fraction of sp³-hybridized carbons (Fsp3) is 0.444. The number of hydrogen-bond donors (Lipinski definition) is 1. The lowest BCUT2D eigenvalue weighted by atomic mass is 10.1. The van der Waals surface area contributed by atoms with Gasteiger partial charge >= 0.3 is 0 Å². The summed E-state index contributed by atoms with van der Waals surface area (Å²) in [6.45, 7) is 0. The van der Waals surface area contributed by atoms with E-state index in [2.05, 4.69) is 4.98 Å². The van der Waals surface area contributed by atoms with Crippen molar-refractivity contribution in [3.63, 3.8) is 0 Å². The first kappa shape index (κ1) is 6.65. The zero-order chi connectivity index (χ0) is 7.68. The van der Waals surface area contributed by atoms with E-state index in [4.69, 9.17) is 0 Å². The topological polar surface area (TPSA) is 32.9 Å². The Hall–Kier alpha value is -1.05. The Labute approximate surface area is 65.6 Å². The summed E-state index contributed by atoms with van der Waals surface area (Å²) >= 11 is 0. The lowest BCUT2D eigenvalue weighted by Gasteiger charge is -1.93. The lowest BCUT2D eigenvalue weighted by Crippen LogP contribution is -1.99. The van der Waals surface area contributed by atoms with Crippen molar-refractivity contribution in [2.24, 2.45) is 5.92 Å². The Morgan fingerprint density at radius 3 is 3.00 bits per heavy atom. The average Bonchev–Trinajstić information content (AvgIpc) is 2.67. The van der Waals surface area contributed by atoms with E-state index >= 15 is 0 Å². The first-order valence-corrected chi connectivity index (χ1v) is 4.03. The molecule has 58 valence electrons. The smallest absolute Gasteiger partial charge is 0.179 e. The van der Waals surface area contributed by atoms with Crippen LogP contribution in [0, 0.1) is 5.92 Å². The van der Waals surface area contributed by atoms with Gasteiger partial charge in [0.05, 0.1) is 5.69 Å². The van der Waals surface area contributed by atoms with Crippen LogP contribution in [0.5, 0.6) is 0 Å². The molecule has 0 spiro atoms. The Morgan fingerprint density at radius 1 is 1.64 bits per heavy atom. The average molecular weight is 149 g/mol. The molecule has 1 N–H and O–H groups in total. The number of nitrogens with one attached hydrogen (secondary N) is 1. The van der Waals surface area contributed by atoms with Crippen LogP contribution in [-0.2, 0) is 0 Å². The number of H-pyrrole nitrogens is 1. The highest BCUT2D eigenvalue weighted by molar-refractivity contribution is 5.94. The first-order valence-electron chi connectivity index (χ1n) is 4.03. The van der Waals surface area contributed by atoms with E-state index in [0.29, 0.717) is 5.92 Å². The highest BCUT2D eigenvalue weighted by atomic mass is 16.1. The summed E-state index contributed by atoms with van der Waals surface area (Å²) in [5.74, 6) is 0.948. The molecule has 0 bridgehead atoms. The van der Waals surface area contributed by atoms with E-state index in [9.17, 15) is 4.79 Å². The summed E-state index contributed by atoms with van der Waals surface area (Å²) in [6.07, 6.45) is 5.01. The number of carbonyl (C=O) groups is 1. The van der Waals surface area contributed by atoms with Gasteiger partial charge in [-0.25, -0.2) is 0 Å². The van der Waals surface area contributed by atoms with E-state index in [1.165, 1.54) is 12.8 Å². The van der Waals surface area contributed by atoms with Gasteiger partial charge in [0.1, 0.15) is 0 Å². The molecule has 1 aliphatic carbocycles. The molecule has 2 rings (SSSR count). The Morgan fingerprint density at radius 2 is 2.45 bits per heavy atom. The van der Waals surface area contributed by atoms with Gasteiger partial charge in [-0.2, -0.15) is 0 Å². The largest absolute Gasteiger partial charge is 0.359 e. The van der Waals surface area contributed by atoms with Crippen LogP contribution in [0.4, 0.5) is 0 Å². The Bertz CT molecular complexity index is 247. The van der Waals surface area contributed by atoms with Crippen LogP contribution in [0.1, 0.15) is 29.8 Å². The monoisotopic (exact) mass is 149 g/mol. The van der Waals surface area contributed by atoms with Crippen LogP contribution in [0.2, 0.25) is 0 Å². The van der Waals surface area contributed by atoms with Crippen LogP contribution < -0.4 is 0 Å². The van der Waals surface area contributed by atoms with Crippen molar-refractivity contribution in [3.05, 3.63) is 24.0 Å². The minimum Gasteiger partial charge on any atom is -0.359 e. The van der Waals surface area contributed by atoms with Crippen molar-refractivity contribution in [2.45, 2.75) is 19.3 Å². The van der Waals surface area contributed by atoms with Crippen molar-refractivity contribution in [1.82, 2.24) is 4.98 Å². The molecule has 0 unspecified atom stereocenters. The fourth-order valence-electron chi connectivity index (χ4n) is 1.20. The van der Waals surface area contributed by atoms with Crippen molar-refractivity contribution in [1.29, 1.82) is 0 Å². The molecule has 0 saturated heterocycles. The molecule has 0 aliphatic heterocycles. The standard InChI is InChI=1S/C9H11NO/c11-9(6-7-3-4-7)8-2-1-5-10-8/h1-2,5,7,10H,3-4,6H2. The van der Waals surface area contributed by atoms with Crippen LogP contribution in [-0.4, -0.2) is 10.8 Å². The van der Waals surface area contributed by atoms with E-state index in [0.717, 1.165) is 12.1 Å². The summed E-state index contributed by atoms with van der Waals surface area (Å²) in [6, 6.07) is 3.70. The third kappa shape index (κ3) is 1.50. The predicted octanol–water partition coefficient (Wildman–Crippen LogP) is 2.00. The molecule has 1 saturated carbocycles. The number of aromatic nitrogens is 1. The summed E-state index contributed by atoms with van der Waals surface area (Å²) in [7, 11) is 0. The number of ketones is 1. The Balaban J connectivity index is 1.99. The normalized spacial score (nSPS) is 16.7. The first-order chi connectivity index (χ1) is 5.36. The van der Waals surface area contributed by atoms with Crippen LogP contribution in [0.3, 0.4) is 0 Å². The van der Waals surface area contributed by atoms with E-state index < -0.39 is 0 Å². The molecular formula is C9H11NO. The van der Waals surface area contributed by atoms with Crippen molar-refractivity contribution in [3.8, 4) is 0 Å². The molecule has 1 heterocycles. The second-order valence-corrected chi connectivity index (χ2v) is 3.15. The van der Waals surface area contributed by atoms with E-state index in [1.807, 2.05) is 12.1 Å². The molecule has 1 aliphatic rings. The van der Waals surface area contributed by atoms with Crippen molar-refractivity contribution >= 4 is 5.78 Å². The highest BCUT2D eigenvalue weighted by Crippen LogP contribution is 2.33. The van der Waals surface area contributed by atoms with E-state index in [1.54, 1.807) is 6.20 Å². The van der Waals surface area contributed by atoms with E-state index in [-0.39, 0.29) is 5.78 Å². The maximum atomic E-state index is 11.3. The van der Waals surface area contributed by atoms with Crippen LogP contribution >= 0.6 is 0 Å². The molecule has 2 nitrogen and oxygen atoms in total. The van der Waals surface area contributed by atoms with Gasteiger partial charge in [-0.15, -0.1) is 0 Å². The Kier molecular flexibility index (Phi) is 1.53. The van der Waals surface area contributed by atoms with Crippen LogP contribution in [0.25, 0.3) is 0 Å². The molecular weight excluding hydrogens is 138 g/mol. The lowest BCUT2D eigenvalue weighted by molar-refractivity contribution is 0.0972. The second kappa shape index (κ2) is 2.53. The third-order valence-electron chi connectivity index (χ3n) is 2.07. The molecule has 1 aromatic rings. The number of rotatable bonds is 3. The zero-order valence-corrected chi connectivity index (χ0v) is 6.34. The van der Waals surface area contributed by atoms with Crippen LogP contribution in [0.15, 0.2) is 18.3 Å². The molecule has 0 amide bonds. The summed E-state index contributed by atoms with van der Waals surface area (Å²) < 4.78 is 0. The SMILES string of the molecule is O=C(CC1CC1)c1ccc[nH]1. The van der Waals surface area contributed by atoms with Gasteiger partial charge in [0, 0.05) is 12.6 Å². The maximum Gasteiger partial charge on any atom is 0.179 e. The number of hydrogen-bond acceptors (Lipinski definition) is 1. The molecule has 1 aromatic heterocycles. The molecule has 0 atom stereocenters. The van der Waals surface area contributed by atoms with Gasteiger partial charge < -0.3 is 4.98 Å². The van der Waals surface area contributed by atoms with Gasteiger partial charge in [-0.1, -0.05) is 0 Å². The van der Waals surface area contributed by atoms with Gasteiger partial charge in [0.15, 0.2) is 5.78 Å².